The Kier molecular flexibility index (Phi) is 6.71. The number of benzene rings is 1. The molecule has 8 nitrogen and oxygen atoms in total. The molecule has 3 aliphatic rings. The molecular formula is C25H37N3O5. The van der Waals surface area contributed by atoms with E-state index in [0.29, 0.717) is 38.3 Å². The van der Waals surface area contributed by atoms with Crippen molar-refractivity contribution in [1.82, 2.24) is 14.9 Å². The fourth-order valence-corrected chi connectivity index (χ4v) is 5.36. The van der Waals surface area contributed by atoms with Crippen LogP contribution in [0.25, 0.3) is 0 Å². The van der Waals surface area contributed by atoms with Gasteiger partial charge in [0.25, 0.3) is 0 Å². The molecule has 0 aromatic heterocycles. The number of rotatable bonds is 4. The molecule has 3 unspecified atom stereocenters. The summed E-state index contributed by atoms with van der Waals surface area (Å²) in [5.41, 5.74) is -0.236. The first kappa shape index (κ1) is 24.0. The van der Waals surface area contributed by atoms with E-state index in [0.717, 1.165) is 12.8 Å². The van der Waals surface area contributed by atoms with Gasteiger partial charge in [0.1, 0.15) is 5.60 Å². The van der Waals surface area contributed by atoms with Crippen LogP contribution in [0.2, 0.25) is 0 Å². The van der Waals surface area contributed by atoms with Gasteiger partial charge < -0.3 is 19.2 Å². The van der Waals surface area contributed by atoms with Crippen molar-refractivity contribution in [3.8, 4) is 0 Å². The maximum absolute atomic E-state index is 12.6. The summed E-state index contributed by atoms with van der Waals surface area (Å²) in [6.07, 6.45) is 1.69. The van der Waals surface area contributed by atoms with E-state index in [1.807, 2.05) is 44.0 Å². The highest BCUT2D eigenvalue weighted by atomic mass is 16.7. The van der Waals surface area contributed by atoms with Crippen LogP contribution in [-0.4, -0.2) is 89.0 Å². The van der Waals surface area contributed by atoms with Crippen molar-refractivity contribution in [3.63, 3.8) is 0 Å². The molecule has 8 heteroatoms. The lowest BCUT2D eigenvalue weighted by molar-refractivity contribution is -0.179. The second kappa shape index (κ2) is 9.24. The van der Waals surface area contributed by atoms with Crippen molar-refractivity contribution < 1.29 is 23.9 Å². The zero-order valence-corrected chi connectivity index (χ0v) is 20.5. The molecule has 182 valence electrons. The summed E-state index contributed by atoms with van der Waals surface area (Å²) in [7, 11) is 0. The van der Waals surface area contributed by atoms with Crippen molar-refractivity contribution in [2.75, 3.05) is 32.8 Å². The van der Waals surface area contributed by atoms with Gasteiger partial charge in [0.2, 0.25) is 0 Å². The molecule has 33 heavy (non-hydrogen) atoms. The van der Waals surface area contributed by atoms with Gasteiger partial charge in [-0.25, -0.2) is 9.59 Å². The lowest BCUT2D eigenvalue weighted by Crippen LogP contribution is -2.67. The SMILES string of the molecule is CC(C)(C)OC(=O)N1CCOC(C(C)(C)N2C3CCC2CN(OC(=O)c2ccccc2)C3)C1. The van der Waals surface area contributed by atoms with Crippen molar-refractivity contribution >= 4 is 12.1 Å². The smallest absolute Gasteiger partial charge is 0.410 e. The first-order valence-corrected chi connectivity index (χ1v) is 11.9. The summed E-state index contributed by atoms with van der Waals surface area (Å²) in [5, 5.41) is 1.82. The summed E-state index contributed by atoms with van der Waals surface area (Å²) < 4.78 is 11.8. The zero-order valence-electron chi connectivity index (χ0n) is 20.5. The fourth-order valence-electron chi connectivity index (χ4n) is 5.36. The van der Waals surface area contributed by atoms with E-state index >= 15 is 0 Å². The number of hydrogen-bond acceptors (Lipinski definition) is 7. The van der Waals surface area contributed by atoms with Crippen molar-refractivity contribution in [2.45, 2.75) is 76.8 Å². The molecule has 0 radical (unpaired) electrons. The van der Waals surface area contributed by atoms with Gasteiger partial charge in [-0.15, -0.1) is 5.06 Å². The number of hydrogen-bond donors (Lipinski definition) is 0. The van der Waals surface area contributed by atoms with Crippen molar-refractivity contribution in [3.05, 3.63) is 35.9 Å². The number of morpholine rings is 1. The van der Waals surface area contributed by atoms with Crippen LogP contribution in [0.4, 0.5) is 4.79 Å². The fraction of sp³-hybridized carbons (Fsp3) is 0.680. The maximum Gasteiger partial charge on any atom is 0.410 e. The highest BCUT2D eigenvalue weighted by Crippen LogP contribution is 2.39. The van der Waals surface area contributed by atoms with Gasteiger partial charge in [0.15, 0.2) is 0 Å². The van der Waals surface area contributed by atoms with Gasteiger partial charge in [0, 0.05) is 24.2 Å². The van der Waals surface area contributed by atoms with Gasteiger partial charge in [-0.1, -0.05) is 18.2 Å². The molecule has 1 aromatic rings. The molecular weight excluding hydrogens is 422 g/mol. The molecule has 0 aliphatic carbocycles. The predicted octanol–water partition coefficient (Wildman–Crippen LogP) is 3.32. The molecule has 3 atom stereocenters. The average molecular weight is 460 g/mol. The van der Waals surface area contributed by atoms with Crippen molar-refractivity contribution in [2.24, 2.45) is 0 Å². The molecule has 3 saturated heterocycles. The number of carbonyl (C=O) groups is 2. The van der Waals surface area contributed by atoms with Crippen LogP contribution in [-0.2, 0) is 14.3 Å². The molecule has 3 aliphatic heterocycles. The second-order valence-corrected chi connectivity index (χ2v) is 10.8. The molecule has 4 rings (SSSR count). The third kappa shape index (κ3) is 5.34. The minimum atomic E-state index is -0.521. The minimum absolute atomic E-state index is 0.125. The van der Waals surface area contributed by atoms with E-state index in [-0.39, 0.29) is 35.8 Å². The molecule has 3 fully saturated rings. The minimum Gasteiger partial charge on any atom is -0.444 e. The first-order chi connectivity index (χ1) is 15.5. The van der Waals surface area contributed by atoms with E-state index < -0.39 is 5.60 Å². The Bertz CT molecular complexity index is 839. The lowest BCUT2D eigenvalue weighted by Gasteiger charge is -2.52. The number of fused-ring (bicyclic) bond motifs is 2. The van der Waals surface area contributed by atoms with Crippen LogP contribution >= 0.6 is 0 Å². The summed E-state index contributed by atoms with van der Waals surface area (Å²) >= 11 is 0. The molecule has 2 bridgehead atoms. The number of hydroxylamine groups is 2. The molecule has 3 heterocycles. The summed E-state index contributed by atoms with van der Waals surface area (Å²) in [4.78, 5) is 35.2. The number of nitrogens with zero attached hydrogens (tertiary/aromatic N) is 3. The largest absolute Gasteiger partial charge is 0.444 e. The highest BCUT2D eigenvalue weighted by molar-refractivity contribution is 5.89. The predicted molar refractivity (Wildman–Crippen MR) is 124 cm³/mol. The first-order valence-electron chi connectivity index (χ1n) is 11.9. The number of ether oxygens (including phenoxy) is 2. The highest BCUT2D eigenvalue weighted by Gasteiger charge is 2.51. The van der Waals surface area contributed by atoms with E-state index in [9.17, 15) is 9.59 Å². The molecule has 0 N–H and O–H groups in total. The standard InChI is InChI=1S/C25H37N3O5/c1-24(2,3)32-23(30)26-13-14-31-21(17-26)25(4,5)28-19-11-12-20(28)16-27(15-19)33-22(29)18-9-7-6-8-10-18/h6-10,19-21H,11-17H2,1-5H3. The monoisotopic (exact) mass is 459 g/mol. The van der Waals surface area contributed by atoms with Gasteiger partial charge >= 0.3 is 12.1 Å². The quantitative estimate of drug-likeness (QED) is 0.684. The van der Waals surface area contributed by atoms with Gasteiger partial charge in [-0.2, -0.15) is 0 Å². The van der Waals surface area contributed by atoms with Crippen molar-refractivity contribution in [1.29, 1.82) is 0 Å². The lowest BCUT2D eigenvalue weighted by atomic mass is 9.90. The summed E-state index contributed by atoms with van der Waals surface area (Å²) in [6.45, 7) is 12.9. The topological polar surface area (TPSA) is 71.6 Å². The number of piperazine rings is 1. The van der Waals surface area contributed by atoms with E-state index in [4.69, 9.17) is 14.3 Å². The summed E-state index contributed by atoms with van der Waals surface area (Å²) in [5.74, 6) is -0.314. The average Bonchev–Trinajstić information content (AvgIpc) is 3.05. The molecule has 1 amide bonds. The zero-order chi connectivity index (χ0) is 23.8. The van der Waals surface area contributed by atoms with E-state index in [1.165, 1.54) is 0 Å². The third-order valence-electron chi connectivity index (χ3n) is 6.84. The molecule has 1 aromatic carbocycles. The Balaban J connectivity index is 1.40. The van der Waals surface area contributed by atoms with Gasteiger partial charge in [-0.3, -0.25) is 4.90 Å². The Morgan fingerprint density at radius 2 is 1.61 bits per heavy atom. The van der Waals surface area contributed by atoms with Crippen LogP contribution in [0.3, 0.4) is 0 Å². The van der Waals surface area contributed by atoms with Crippen LogP contribution in [0.5, 0.6) is 0 Å². The second-order valence-electron chi connectivity index (χ2n) is 10.8. The maximum atomic E-state index is 12.6. The van der Waals surface area contributed by atoms with E-state index in [2.05, 4.69) is 18.7 Å². The normalized spacial score (nSPS) is 26.8. The van der Waals surface area contributed by atoms with Crippen LogP contribution in [0.15, 0.2) is 30.3 Å². The van der Waals surface area contributed by atoms with Crippen LogP contribution in [0.1, 0.15) is 57.8 Å². The summed E-state index contributed by atoms with van der Waals surface area (Å²) in [6, 6.07) is 9.64. The third-order valence-corrected chi connectivity index (χ3v) is 6.84. The Hall–Kier alpha value is -2.16. The Morgan fingerprint density at radius 1 is 0.970 bits per heavy atom. The van der Waals surface area contributed by atoms with Gasteiger partial charge in [0.05, 0.1) is 37.9 Å². The Morgan fingerprint density at radius 3 is 2.21 bits per heavy atom. The van der Waals surface area contributed by atoms with Gasteiger partial charge in [-0.05, 0) is 59.6 Å². The van der Waals surface area contributed by atoms with Crippen LogP contribution in [0, 0.1) is 0 Å². The Labute approximate surface area is 196 Å². The van der Waals surface area contributed by atoms with Crippen LogP contribution < -0.4 is 0 Å². The molecule has 0 spiro atoms. The molecule has 0 saturated carbocycles. The number of carbonyl (C=O) groups excluding carboxylic acids is 2. The van der Waals surface area contributed by atoms with E-state index in [1.54, 1.807) is 17.0 Å². The number of amides is 1.